The molecule has 4 nitrogen and oxygen atoms in total. The zero-order valence-electron chi connectivity index (χ0n) is 22.4. The first kappa shape index (κ1) is 32.5. The molecule has 2 aromatic rings. The molecule has 1 N–H and O–H groups in total. The molecule has 2 heterocycles. The number of hydrogen-bond donors (Lipinski definition) is 1. The van der Waals surface area contributed by atoms with Gasteiger partial charge in [0.1, 0.15) is 30.0 Å². The van der Waals surface area contributed by atoms with Crippen LogP contribution >= 0.6 is 12.4 Å². The molecule has 0 saturated carbocycles. The Bertz CT molecular complexity index is 1060. The van der Waals surface area contributed by atoms with Crippen molar-refractivity contribution in [2.75, 3.05) is 13.7 Å². The van der Waals surface area contributed by atoms with Gasteiger partial charge in [0.05, 0.1) is 18.9 Å². The fourth-order valence-corrected chi connectivity index (χ4v) is 4.44. The van der Waals surface area contributed by atoms with E-state index in [0.717, 1.165) is 49.7 Å². The van der Waals surface area contributed by atoms with E-state index in [-0.39, 0.29) is 36.7 Å². The summed E-state index contributed by atoms with van der Waals surface area (Å²) < 4.78 is 69.1. The number of fused-ring (bicyclic) bond motifs is 1. The summed E-state index contributed by atoms with van der Waals surface area (Å²) in [7, 11) is 1.60. The van der Waals surface area contributed by atoms with Crippen LogP contribution in [-0.2, 0) is 17.5 Å². The van der Waals surface area contributed by atoms with E-state index in [2.05, 4.69) is 12.2 Å². The third-order valence-corrected chi connectivity index (χ3v) is 6.55. The predicted octanol–water partition coefficient (Wildman–Crippen LogP) is 8.70. The van der Waals surface area contributed by atoms with Crippen LogP contribution in [0.5, 0.6) is 11.5 Å². The van der Waals surface area contributed by atoms with Crippen LogP contribution in [0.25, 0.3) is 0 Å². The van der Waals surface area contributed by atoms with Crippen LogP contribution in [0.2, 0.25) is 0 Å². The Kier molecular flexibility index (Phi) is 13.7. The van der Waals surface area contributed by atoms with Crippen LogP contribution in [0.3, 0.4) is 0 Å². The highest BCUT2D eigenvalue weighted by Crippen LogP contribution is 2.39. The number of rotatable bonds is 10. The largest absolute Gasteiger partial charge is 0.497 e. The zero-order chi connectivity index (χ0) is 27.4. The van der Waals surface area contributed by atoms with Crippen LogP contribution in [0.15, 0.2) is 60.9 Å². The topological polar surface area (TPSA) is 39.7 Å². The van der Waals surface area contributed by atoms with Crippen LogP contribution in [0.4, 0.5) is 17.6 Å². The molecule has 39 heavy (non-hydrogen) atoms. The molecule has 2 aliphatic heterocycles. The van der Waals surface area contributed by atoms with E-state index in [1.807, 2.05) is 36.4 Å². The Labute approximate surface area is 234 Å². The van der Waals surface area contributed by atoms with Gasteiger partial charge in [-0.1, -0.05) is 50.8 Å². The molecule has 0 radical (unpaired) electrons. The molecule has 216 valence electrons. The summed E-state index contributed by atoms with van der Waals surface area (Å²) >= 11 is 0. The van der Waals surface area contributed by atoms with Gasteiger partial charge in [-0.05, 0) is 43.2 Å². The van der Waals surface area contributed by atoms with E-state index in [1.54, 1.807) is 13.4 Å². The van der Waals surface area contributed by atoms with E-state index < -0.39 is 17.6 Å². The lowest BCUT2D eigenvalue weighted by Crippen LogP contribution is -2.33. The average molecular weight is 572 g/mol. The minimum absolute atomic E-state index is 0. The number of unbranched alkanes of at least 4 members (excludes halogenated alkanes) is 4. The molecule has 2 unspecified atom stereocenters. The summed E-state index contributed by atoms with van der Waals surface area (Å²) in [5.74, 6) is 0.571. The highest BCUT2D eigenvalue weighted by atomic mass is 35.5. The molecule has 0 amide bonds. The van der Waals surface area contributed by atoms with Gasteiger partial charge < -0.3 is 19.5 Å². The smallest absolute Gasteiger partial charge is 0.416 e. The summed E-state index contributed by atoms with van der Waals surface area (Å²) in [6, 6.07) is 8.21. The average Bonchev–Trinajstić information content (AvgIpc) is 2.92. The summed E-state index contributed by atoms with van der Waals surface area (Å²) in [6.45, 7) is 3.05. The van der Waals surface area contributed by atoms with Crippen LogP contribution in [0, 0.1) is 5.82 Å². The van der Waals surface area contributed by atoms with Crippen LogP contribution in [0.1, 0.15) is 74.6 Å². The van der Waals surface area contributed by atoms with Crippen molar-refractivity contribution in [3.8, 4) is 11.5 Å². The Morgan fingerprint density at radius 1 is 1.03 bits per heavy atom. The summed E-state index contributed by atoms with van der Waals surface area (Å²) in [5.41, 5.74) is 0.168. The summed E-state index contributed by atoms with van der Waals surface area (Å²) in [5, 5.41) is 3.33. The van der Waals surface area contributed by atoms with E-state index in [0.29, 0.717) is 11.8 Å². The Morgan fingerprint density at radius 3 is 2.41 bits per heavy atom. The molecule has 0 spiro atoms. The lowest BCUT2D eigenvalue weighted by molar-refractivity contribution is -0.137. The first-order chi connectivity index (χ1) is 18.3. The molecule has 0 saturated heterocycles. The van der Waals surface area contributed by atoms with Gasteiger partial charge in [0.2, 0.25) is 0 Å². The molecule has 4 rings (SSSR count). The number of benzene rings is 2. The maximum Gasteiger partial charge on any atom is 0.416 e. The number of alkyl halides is 3. The van der Waals surface area contributed by atoms with Crippen LogP contribution < -0.4 is 14.8 Å². The van der Waals surface area contributed by atoms with E-state index in [4.69, 9.17) is 14.2 Å². The molecule has 9 heteroatoms. The minimum Gasteiger partial charge on any atom is -0.497 e. The molecule has 2 aromatic carbocycles. The van der Waals surface area contributed by atoms with Gasteiger partial charge >= 0.3 is 6.18 Å². The van der Waals surface area contributed by atoms with Crippen molar-refractivity contribution < 1.29 is 31.8 Å². The summed E-state index contributed by atoms with van der Waals surface area (Å²) in [4.78, 5) is 0. The van der Waals surface area contributed by atoms with Gasteiger partial charge in [-0.15, -0.1) is 12.4 Å². The number of halogens is 5. The van der Waals surface area contributed by atoms with Crippen molar-refractivity contribution in [2.24, 2.45) is 0 Å². The maximum absolute atomic E-state index is 14.3. The standard InChI is InChI=1S/C25H31F4NO2.C5H6O.ClH/c1-3-4-5-6-7-8-20-14-23(21-12-11-19(31-2)15-24(21)32-20)30-16-17-9-10-18(13-22(17)26)25(27,28)29;1-2-4-6-5-3-1;/h9-13,15,20,23,30H,3-8,14,16H2,1-2H3;1-4H,5H2;1H. The molecule has 2 aliphatic rings. The number of methoxy groups -OCH3 is 1. The van der Waals surface area contributed by atoms with Gasteiger partial charge in [-0.3, -0.25) is 0 Å². The monoisotopic (exact) mass is 571 g/mol. The number of hydrogen-bond acceptors (Lipinski definition) is 4. The SMILES string of the molecule is C1=CCOC=C1.CCCCCCCC1CC(NCc2ccc(C(F)(F)F)cc2F)c2ccc(OC)cc2O1.Cl. The van der Waals surface area contributed by atoms with Crippen molar-refractivity contribution in [3.63, 3.8) is 0 Å². The quantitative estimate of drug-likeness (QED) is 0.229. The lowest BCUT2D eigenvalue weighted by Gasteiger charge is -2.33. The second-order valence-corrected chi connectivity index (χ2v) is 9.41. The molecular formula is C30H38ClF4NO3. The second-order valence-electron chi connectivity index (χ2n) is 9.41. The Balaban J connectivity index is 0.000000672. The number of allylic oxidation sites excluding steroid dienone is 2. The molecule has 0 bridgehead atoms. The van der Waals surface area contributed by atoms with Gasteiger partial charge in [0.25, 0.3) is 0 Å². The first-order valence-electron chi connectivity index (χ1n) is 13.2. The van der Waals surface area contributed by atoms with Gasteiger partial charge in [0, 0.05) is 36.2 Å². The zero-order valence-corrected chi connectivity index (χ0v) is 23.3. The Morgan fingerprint density at radius 2 is 1.82 bits per heavy atom. The summed E-state index contributed by atoms with van der Waals surface area (Å²) in [6.07, 6.45) is 10.4. The number of nitrogens with one attached hydrogen (secondary N) is 1. The highest BCUT2D eigenvalue weighted by Gasteiger charge is 2.32. The van der Waals surface area contributed by atoms with Gasteiger partial charge in [0.15, 0.2) is 0 Å². The molecule has 0 fully saturated rings. The fourth-order valence-electron chi connectivity index (χ4n) is 4.44. The maximum atomic E-state index is 14.3. The van der Waals surface area contributed by atoms with E-state index in [1.165, 1.54) is 25.3 Å². The number of ether oxygens (including phenoxy) is 3. The molecule has 0 aromatic heterocycles. The van der Waals surface area contributed by atoms with Crippen molar-refractivity contribution >= 4 is 12.4 Å². The lowest BCUT2D eigenvalue weighted by atomic mass is 9.93. The van der Waals surface area contributed by atoms with Crippen molar-refractivity contribution in [3.05, 3.63) is 83.4 Å². The molecule has 2 atom stereocenters. The van der Waals surface area contributed by atoms with Gasteiger partial charge in [-0.25, -0.2) is 4.39 Å². The van der Waals surface area contributed by atoms with E-state index >= 15 is 0 Å². The van der Waals surface area contributed by atoms with Crippen molar-refractivity contribution in [1.29, 1.82) is 0 Å². The third kappa shape index (κ3) is 10.4. The predicted molar refractivity (Wildman–Crippen MR) is 148 cm³/mol. The normalized spacial score (nSPS) is 17.6. The van der Waals surface area contributed by atoms with Crippen molar-refractivity contribution in [2.45, 2.75) is 76.7 Å². The first-order valence-corrected chi connectivity index (χ1v) is 13.2. The second kappa shape index (κ2) is 16.4. The Hall–Kier alpha value is -2.71. The van der Waals surface area contributed by atoms with E-state index in [9.17, 15) is 17.6 Å². The minimum atomic E-state index is -4.56. The molecule has 0 aliphatic carbocycles. The van der Waals surface area contributed by atoms with Gasteiger partial charge in [-0.2, -0.15) is 13.2 Å². The fraction of sp³-hybridized carbons (Fsp3) is 0.467. The highest BCUT2D eigenvalue weighted by molar-refractivity contribution is 5.85. The van der Waals surface area contributed by atoms with Crippen LogP contribution in [-0.4, -0.2) is 19.8 Å². The van der Waals surface area contributed by atoms with Crippen molar-refractivity contribution in [1.82, 2.24) is 5.32 Å². The molecular weight excluding hydrogens is 534 g/mol. The third-order valence-electron chi connectivity index (χ3n) is 6.55.